The van der Waals surface area contributed by atoms with Gasteiger partial charge in [-0.1, -0.05) is 69.3 Å². The van der Waals surface area contributed by atoms with Gasteiger partial charge >= 0.3 is 12.1 Å². The van der Waals surface area contributed by atoms with E-state index in [0.29, 0.717) is 0 Å². The summed E-state index contributed by atoms with van der Waals surface area (Å²) in [6, 6.07) is 14.2. The number of alkyl carbamates (subject to hydrolysis) is 1. The van der Waals surface area contributed by atoms with Crippen LogP contribution in [0.3, 0.4) is 0 Å². The SMILES string of the molecule is CC[C@@H](NC(=O)C(NC(=O)OCC1c2ccccc2-c2ccccc21)C(C)C)C(=O)O. The minimum atomic E-state index is -1.11. The van der Waals surface area contributed by atoms with Crippen LogP contribution in [0, 0.1) is 5.92 Å². The predicted molar refractivity (Wildman–Crippen MR) is 117 cm³/mol. The quantitative estimate of drug-likeness (QED) is 0.601. The van der Waals surface area contributed by atoms with Crippen LogP contribution in [0.15, 0.2) is 48.5 Å². The van der Waals surface area contributed by atoms with Crippen molar-refractivity contribution < 1.29 is 24.2 Å². The zero-order valence-electron chi connectivity index (χ0n) is 17.9. The van der Waals surface area contributed by atoms with E-state index in [1.54, 1.807) is 20.8 Å². The Balaban J connectivity index is 1.66. The molecule has 3 N–H and O–H groups in total. The fourth-order valence-electron chi connectivity index (χ4n) is 3.90. The van der Waals surface area contributed by atoms with Crippen molar-refractivity contribution in [2.45, 2.75) is 45.2 Å². The van der Waals surface area contributed by atoms with Gasteiger partial charge in [-0.3, -0.25) is 4.79 Å². The molecule has 0 aromatic heterocycles. The van der Waals surface area contributed by atoms with E-state index >= 15 is 0 Å². The van der Waals surface area contributed by atoms with Crippen molar-refractivity contribution in [3.05, 3.63) is 59.7 Å². The van der Waals surface area contributed by atoms with Gasteiger partial charge in [-0.2, -0.15) is 0 Å². The lowest BCUT2D eigenvalue weighted by Gasteiger charge is -2.24. The summed E-state index contributed by atoms with van der Waals surface area (Å²) in [6.45, 7) is 5.35. The highest BCUT2D eigenvalue weighted by Gasteiger charge is 2.31. The summed E-state index contributed by atoms with van der Waals surface area (Å²) in [5, 5.41) is 14.2. The lowest BCUT2D eigenvalue weighted by molar-refractivity contribution is -0.142. The predicted octanol–water partition coefficient (Wildman–Crippen LogP) is 3.53. The van der Waals surface area contributed by atoms with Gasteiger partial charge in [-0.05, 0) is 34.6 Å². The van der Waals surface area contributed by atoms with Crippen molar-refractivity contribution in [2.24, 2.45) is 5.92 Å². The van der Waals surface area contributed by atoms with Crippen LogP contribution in [0.1, 0.15) is 44.2 Å². The molecule has 2 atom stereocenters. The van der Waals surface area contributed by atoms with Crippen molar-refractivity contribution in [3.8, 4) is 11.1 Å². The number of carbonyl (C=O) groups excluding carboxylic acids is 2. The molecule has 0 spiro atoms. The van der Waals surface area contributed by atoms with Crippen LogP contribution < -0.4 is 10.6 Å². The molecule has 0 radical (unpaired) electrons. The van der Waals surface area contributed by atoms with Crippen LogP contribution in [0.25, 0.3) is 11.1 Å². The highest BCUT2D eigenvalue weighted by molar-refractivity contribution is 5.89. The van der Waals surface area contributed by atoms with E-state index in [9.17, 15) is 14.4 Å². The van der Waals surface area contributed by atoms with Crippen molar-refractivity contribution in [1.82, 2.24) is 10.6 Å². The van der Waals surface area contributed by atoms with Gasteiger partial charge in [-0.25, -0.2) is 9.59 Å². The second-order valence-corrected chi connectivity index (χ2v) is 8.00. The maximum absolute atomic E-state index is 12.5. The zero-order chi connectivity index (χ0) is 22.5. The molecular formula is C24H28N2O5. The maximum Gasteiger partial charge on any atom is 0.407 e. The first-order valence-corrected chi connectivity index (χ1v) is 10.5. The molecule has 2 aromatic carbocycles. The number of benzene rings is 2. The van der Waals surface area contributed by atoms with E-state index in [-0.39, 0.29) is 24.9 Å². The van der Waals surface area contributed by atoms with Crippen LogP contribution in [-0.2, 0) is 14.3 Å². The average molecular weight is 424 g/mol. The minimum absolute atomic E-state index is 0.0824. The number of aliphatic carboxylic acids is 1. The number of ether oxygens (including phenoxy) is 1. The normalized spacial score (nSPS) is 14.3. The molecule has 0 saturated carbocycles. The molecule has 1 aliphatic rings. The number of carboxylic acids is 1. The topological polar surface area (TPSA) is 105 Å². The lowest BCUT2D eigenvalue weighted by Crippen LogP contribution is -2.53. The second kappa shape index (κ2) is 9.64. The van der Waals surface area contributed by atoms with Crippen LogP contribution in [0.5, 0.6) is 0 Å². The fourth-order valence-corrected chi connectivity index (χ4v) is 3.90. The summed E-state index contributed by atoms with van der Waals surface area (Å²) in [4.78, 5) is 36.2. The molecule has 0 fully saturated rings. The highest BCUT2D eigenvalue weighted by Crippen LogP contribution is 2.44. The summed E-state index contributed by atoms with van der Waals surface area (Å²) >= 11 is 0. The van der Waals surface area contributed by atoms with Gasteiger partial charge in [-0.15, -0.1) is 0 Å². The van der Waals surface area contributed by atoms with Crippen LogP contribution in [-0.4, -0.2) is 41.8 Å². The smallest absolute Gasteiger partial charge is 0.407 e. The van der Waals surface area contributed by atoms with E-state index in [1.165, 1.54) is 0 Å². The van der Waals surface area contributed by atoms with Gasteiger partial charge in [0.2, 0.25) is 5.91 Å². The Labute approximate surface area is 181 Å². The number of hydrogen-bond acceptors (Lipinski definition) is 4. The molecule has 3 rings (SSSR count). The van der Waals surface area contributed by atoms with Gasteiger partial charge in [0.15, 0.2) is 0 Å². The summed E-state index contributed by atoms with van der Waals surface area (Å²) in [6.07, 6.45) is -0.462. The number of rotatable bonds is 8. The van der Waals surface area contributed by atoms with Gasteiger partial charge < -0.3 is 20.5 Å². The largest absolute Gasteiger partial charge is 0.480 e. The third-order valence-corrected chi connectivity index (χ3v) is 5.59. The maximum atomic E-state index is 12.5. The van der Waals surface area contributed by atoms with Gasteiger partial charge in [0.1, 0.15) is 18.7 Å². The van der Waals surface area contributed by atoms with E-state index in [4.69, 9.17) is 9.84 Å². The van der Waals surface area contributed by atoms with Gasteiger partial charge in [0, 0.05) is 5.92 Å². The molecule has 0 bridgehead atoms. The first-order valence-electron chi connectivity index (χ1n) is 10.5. The molecule has 31 heavy (non-hydrogen) atoms. The van der Waals surface area contributed by atoms with E-state index < -0.39 is 30.1 Å². The third-order valence-electron chi connectivity index (χ3n) is 5.59. The Bertz CT molecular complexity index is 926. The van der Waals surface area contributed by atoms with Gasteiger partial charge in [0.05, 0.1) is 0 Å². The molecule has 1 unspecified atom stereocenters. The van der Waals surface area contributed by atoms with Crippen LogP contribution in [0.4, 0.5) is 4.79 Å². The van der Waals surface area contributed by atoms with Crippen molar-refractivity contribution in [1.29, 1.82) is 0 Å². The van der Waals surface area contributed by atoms with E-state index in [1.807, 2.05) is 36.4 Å². The number of fused-ring (bicyclic) bond motifs is 3. The number of hydrogen-bond donors (Lipinski definition) is 3. The Kier molecular flexibility index (Phi) is 6.95. The second-order valence-electron chi connectivity index (χ2n) is 8.00. The molecule has 2 aromatic rings. The highest BCUT2D eigenvalue weighted by atomic mass is 16.5. The van der Waals surface area contributed by atoms with Crippen molar-refractivity contribution >= 4 is 18.0 Å². The molecule has 164 valence electrons. The average Bonchev–Trinajstić information content (AvgIpc) is 3.07. The summed E-state index contributed by atoms with van der Waals surface area (Å²) in [5.74, 6) is -1.98. The Morgan fingerprint density at radius 2 is 1.52 bits per heavy atom. The first kappa shape index (κ1) is 22.3. The molecule has 0 aliphatic heterocycles. The molecular weight excluding hydrogens is 396 g/mol. The van der Waals surface area contributed by atoms with Crippen LogP contribution in [0.2, 0.25) is 0 Å². The molecule has 0 saturated heterocycles. The zero-order valence-corrected chi connectivity index (χ0v) is 17.9. The van der Waals surface area contributed by atoms with Crippen LogP contribution >= 0.6 is 0 Å². The summed E-state index contributed by atoms with van der Waals surface area (Å²) < 4.78 is 5.50. The lowest BCUT2D eigenvalue weighted by atomic mass is 9.98. The summed E-state index contributed by atoms with van der Waals surface area (Å²) in [7, 11) is 0. The van der Waals surface area contributed by atoms with Crippen molar-refractivity contribution in [3.63, 3.8) is 0 Å². The van der Waals surface area contributed by atoms with Crippen molar-refractivity contribution in [2.75, 3.05) is 6.61 Å². The molecule has 2 amide bonds. The van der Waals surface area contributed by atoms with Gasteiger partial charge in [0.25, 0.3) is 0 Å². The number of carbonyl (C=O) groups is 3. The standard InChI is InChI=1S/C24H28N2O5/c1-4-20(23(28)29)25-22(27)21(14(2)3)26-24(30)31-13-19-17-11-7-5-9-15(17)16-10-6-8-12-18(16)19/h5-12,14,19-21H,4,13H2,1-3H3,(H,25,27)(H,26,30)(H,28,29)/t20-,21?/m1/s1. The molecule has 1 aliphatic carbocycles. The first-order chi connectivity index (χ1) is 14.8. The monoisotopic (exact) mass is 424 g/mol. The minimum Gasteiger partial charge on any atom is -0.480 e. The van der Waals surface area contributed by atoms with E-state index in [0.717, 1.165) is 22.3 Å². The fraction of sp³-hybridized carbons (Fsp3) is 0.375. The Hall–Kier alpha value is -3.35. The summed E-state index contributed by atoms with van der Waals surface area (Å²) in [5.41, 5.74) is 4.46. The molecule has 0 heterocycles. The third kappa shape index (κ3) is 4.87. The molecule has 7 heteroatoms. The Morgan fingerprint density at radius 1 is 0.968 bits per heavy atom. The Morgan fingerprint density at radius 3 is 2.00 bits per heavy atom. The number of carboxylic acid groups (broad SMARTS) is 1. The number of nitrogens with one attached hydrogen (secondary N) is 2. The van der Waals surface area contributed by atoms with E-state index in [2.05, 4.69) is 22.8 Å². The molecule has 7 nitrogen and oxygen atoms in total. The number of amides is 2.